The van der Waals surface area contributed by atoms with Crippen LogP contribution in [0.2, 0.25) is 0 Å². The van der Waals surface area contributed by atoms with Crippen LogP contribution in [0.4, 0.5) is 10.8 Å². The van der Waals surface area contributed by atoms with Gasteiger partial charge in [0.05, 0.1) is 11.7 Å². The molecular weight excluding hydrogens is 318 g/mol. The lowest BCUT2D eigenvalue weighted by atomic mass is 9.80. The van der Waals surface area contributed by atoms with Gasteiger partial charge in [-0.25, -0.2) is 4.98 Å². The number of benzene rings is 1. The number of carbonyl (C=O) groups excluding carboxylic acids is 1. The Bertz CT molecular complexity index is 767. The molecule has 1 saturated carbocycles. The number of rotatable bonds is 3. The van der Waals surface area contributed by atoms with Gasteiger partial charge in [0, 0.05) is 30.0 Å². The lowest BCUT2D eigenvalue weighted by Crippen LogP contribution is -2.51. The molecule has 24 heavy (non-hydrogen) atoms. The molecule has 1 N–H and O–H groups in total. The van der Waals surface area contributed by atoms with Crippen LogP contribution in [-0.2, 0) is 4.79 Å². The summed E-state index contributed by atoms with van der Waals surface area (Å²) in [5, 5.41) is 6.68. The molecule has 1 aromatic heterocycles. The number of hydrogen-bond donors (Lipinski definition) is 1. The van der Waals surface area contributed by atoms with Crippen LogP contribution in [0.1, 0.15) is 44.0 Å². The van der Waals surface area contributed by atoms with E-state index in [1.54, 1.807) is 18.3 Å². The number of hydrogen-bond acceptors (Lipinski definition) is 4. The van der Waals surface area contributed by atoms with Crippen LogP contribution in [0.25, 0.3) is 0 Å². The van der Waals surface area contributed by atoms with Crippen molar-refractivity contribution in [3.8, 4) is 0 Å². The topological polar surface area (TPSA) is 45.2 Å². The lowest BCUT2D eigenvalue weighted by Gasteiger charge is -2.45. The molecule has 0 saturated heterocycles. The van der Waals surface area contributed by atoms with Crippen molar-refractivity contribution in [2.75, 3.05) is 10.2 Å². The lowest BCUT2D eigenvalue weighted by molar-refractivity contribution is -0.117. The number of fused-ring (bicyclic) bond motifs is 1. The Morgan fingerprint density at radius 3 is 2.71 bits per heavy atom. The van der Waals surface area contributed by atoms with Gasteiger partial charge in [-0.05, 0) is 37.3 Å². The smallest absolute Gasteiger partial charge is 0.224 e. The number of aryl methyl sites for hydroxylation is 1. The molecule has 0 radical (unpaired) electrons. The zero-order valence-corrected chi connectivity index (χ0v) is 15.1. The van der Waals surface area contributed by atoms with E-state index in [0.717, 1.165) is 16.5 Å². The van der Waals surface area contributed by atoms with Crippen LogP contribution in [-0.4, -0.2) is 16.9 Å². The van der Waals surface area contributed by atoms with E-state index in [1.165, 1.54) is 18.4 Å². The molecule has 1 fully saturated rings. The van der Waals surface area contributed by atoms with Crippen molar-refractivity contribution in [3.63, 3.8) is 0 Å². The second-order valence-electron chi connectivity index (χ2n) is 7.05. The molecule has 3 unspecified atom stereocenters. The fourth-order valence-electron chi connectivity index (χ4n) is 4.07. The van der Waals surface area contributed by atoms with Gasteiger partial charge >= 0.3 is 0 Å². The summed E-state index contributed by atoms with van der Waals surface area (Å²) < 4.78 is 0. The van der Waals surface area contributed by atoms with E-state index < -0.39 is 0 Å². The number of aromatic nitrogens is 1. The number of amides is 1. The van der Waals surface area contributed by atoms with Gasteiger partial charge in [-0.1, -0.05) is 25.1 Å². The van der Waals surface area contributed by atoms with Crippen LogP contribution >= 0.6 is 11.3 Å². The zero-order chi connectivity index (χ0) is 16.8. The Morgan fingerprint density at radius 2 is 2.08 bits per heavy atom. The van der Waals surface area contributed by atoms with Crippen LogP contribution in [0, 0.1) is 18.8 Å². The summed E-state index contributed by atoms with van der Waals surface area (Å²) in [6.07, 6.45) is 2.45. The number of para-hydroxylation sites is 1. The molecule has 4 rings (SSSR count). The van der Waals surface area contributed by atoms with E-state index in [2.05, 4.69) is 40.8 Å². The highest BCUT2D eigenvalue weighted by molar-refractivity contribution is 7.13. The van der Waals surface area contributed by atoms with Gasteiger partial charge < -0.3 is 10.2 Å². The van der Waals surface area contributed by atoms with Crippen LogP contribution < -0.4 is 10.2 Å². The molecule has 0 spiro atoms. The molecule has 2 aromatic rings. The van der Waals surface area contributed by atoms with Gasteiger partial charge in [0.2, 0.25) is 5.91 Å². The van der Waals surface area contributed by atoms with Gasteiger partial charge in [-0.3, -0.25) is 4.79 Å². The van der Waals surface area contributed by atoms with Crippen molar-refractivity contribution in [1.82, 2.24) is 4.98 Å². The largest absolute Gasteiger partial charge is 0.354 e. The van der Waals surface area contributed by atoms with Crippen molar-refractivity contribution >= 4 is 28.1 Å². The SMILES string of the molecule is CC(=O)N1c2ccccc2C(Nc2nc(C)cs2)C(C)C1C1CC1. The normalized spacial score (nSPS) is 26.1. The van der Waals surface area contributed by atoms with Crippen molar-refractivity contribution in [3.05, 3.63) is 40.9 Å². The fraction of sp³-hybridized carbons (Fsp3) is 0.474. The van der Waals surface area contributed by atoms with Gasteiger partial charge in [-0.15, -0.1) is 11.3 Å². The first-order valence-corrected chi connectivity index (χ1v) is 9.51. The van der Waals surface area contributed by atoms with Crippen molar-refractivity contribution in [1.29, 1.82) is 0 Å². The summed E-state index contributed by atoms with van der Waals surface area (Å²) in [7, 11) is 0. The Labute approximate surface area is 146 Å². The molecule has 1 aliphatic carbocycles. The predicted molar refractivity (Wildman–Crippen MR) is 98.5 cm³/mol. The van der Waals surface area contributed by atoms with Crippen LogP contribution in [0.5, 0.6) is 0 Å². The molecule has 4 nitrogen and oxygen atoms in total. The maximum atomic E-state index is 12.4. The average Bonchev–Trinajstić information content (AvgIpc) is 3.31. The third-order valence-corrected chi connectivity index (χ3v) is 6.13. The third-order valence-electron chi connectivity index (χ3n) is 5.24. The minimum Gasteiger partial charge on any atom is -0.354 e. The molecule has 2 heterocycles. The zero-order valence-electron chi connectivity index (χ0n) is 14.3. The van der Waals surface area contributed by atoms with Gasteiger partial charge in [0.1, 0.15) is 0 Å². The quantitative estimate of drug-likeness (QED) is 0.901. The van der Waals surface area contributed by atoms with Gasteiger partial charge in [-0.2, -0.15) is 0 Å². The van der Waals surface area contributed by atoms with Crippen molar-refractivity contribution < 1.29 is 4.79 Å². The van der Waals surface area contributed by atoms with E-state index in [-0.39, 0.29) is 18.0 Å². The number of anilines is 2. The summed E-state index contributed by atoms with van der Waals surface area (Å²) >= 11 is 1.65. The Kier molecular flexibility index (Phi) is 3.83. The molecule has 1 amide bonds. The summed E-state index contributed by atoms with van der Waals surface area (Å²) in [5.74, 6) is 1.12. The average molecular weight is 341 g/mol. The molecule has 5 heteroatoms. The molecular formula is C19H23N3OS. The van der Waals surface area contributed by atoms with Gasteiger partial charge in [0.25, 0.3) is 0 Å². The Balaban J connectivity index is 1.77. The predicted octanol–water partition coefficient (Wildman–Crippen LogP) is 4.39. The Morgan fingerprint density at radius 1 is 1.33 bits per heavy atom. The first kappa shape index (κ1) is 15.6. The number of carbonyl (C=O) groups is 1. The summed E-state index contributed by atoms with van der Waals surface area (Å²) in [5.41, 5.74) is 3.30. The minimum atomic E-state index is 0.148. The van der Waals surface area contributed by atoms with E-state index in [4.69, 9.17) is 0 Å². The maximum absolute atomic E-state index is 12.4. The van der Waals surface area contributed by atoms with Gasteiger partial charge in [0.15, 0.2) is 5.13 Å². The number of nitrogens with one attached hydrogen (secondary N) is 1. The third kappa shape index (κ3) is 2.61. The second-order valence-corrected chi connectivity index (χ2v) is 7.91. The summed E-state index contributed by atoms with van der Waals surface area (Å²) in [4.78, 5) is 19.0. The molecule has 3 atom stereocenters. The molecule has 1 aromatic carbocycles. The first-order chi connectivity index (χ1) is 11.6. The number of nitrogens with zero attached hydrogens (tertiary/aromatic N) is 2. The summed E-state index contributed by atoms with van der Waals surface area (Å²) in [6, 6.07) is 8.77. The van der Waals surface area contributed by atoms with E-state index in [1.807, 2.05) is 17.9 Å². The first-order valence-electron chi connectivity index (χ1n) is 8.63. The van der Waals surface area contributed by atoms with Crippen LogP contribution in [0.3, 0.4) is 0 Å². The van der Waals surface area contributed by atoms with Crippen molar-refractivity contribution in [2.45, 2.75) is 45.7 Å². The fourth-order valence-corrected chi connectivity index (χ4v) is 4.79. The monoisotopic (exact) mass is 341 g/mol. The van der Waals surface area contributed by atoms with E-state index >= 15 is 0 Å². The maximum Gasteiger partial charge on any atom is 0.224 e. The highest BCUT2D eigenvalue weighted by atomic mass is 32.1. The van der Waals surface area contributed by atoms with E-state index in [0.29, 0.717) is 11.8 Å². The molecule has 0 bridgehead atoms. The highest BCUT2D eigenvalue weighted by Crippen LogP contribution is 2.49. The molecule has 2 aliphatic rings. The molecule has 1 aliphatic heterocycles. The standard InChI is InChI=1S/C19H23N3OS/c1-11-10-24-19(20-11)21-17-12(2)18(14-8-9-14)22(13(3)23)16-7-5-4-6-15(16)17/h4-7,10,12,14,17-18H,8-9H2,1-3H3,(H,20,21). The Hall–Kier alpha value is -1.88. The highest BCUT2D eigenvalue weighted by Gasteiger charge is 2.47. The minimum absolute atomic E-state index is 0.148. The second kappa shape index (κ2) is 5.88. The van der Waals surface area contributed by atoms with E-state index in [9.17, 15) is 4.79 Å². The van der Waals surface area contributed by atoms with Crippen LogP contribution in [0.15, 0.2) is 29.6 Å². The molecule has 126 valence electrons. The van der Waals surface area contributed by atoms with Crippen molar-refractivity contribution in [2.24, 2.45) is 11.8 Å². The summed E-state index contributed by atoms with van der Waals surface area (Å²) in [6.45, 7) is 5.98. The number of thiazole rings is 1.